The van der Waals surface area contributed by atoms with Gasteiger partial charge in [-0.15, -0.1) is 0 Å². The summed E-state index contributed by atoms with van der Waals surface area (Å²) in [6.45, 7) is 1.97. The van der Waals surface area contributed by atoms with E-state index in [1.165, 1.54) is 0 Å². The van der Waals surface area contributed by atoms with E-state index in [4.69, 9.17) is 0 Å². The first-order valence-corrected chi connectivity index (χ1v) is 3.57. The smallest absolute Gasteiger partial charge is 0.870 e. The first-order valence-electron chi connectivity index (χ1n) is 3.57. The Kier molecular flexibility index (Phi) is 9.49. The van der Waals surface area contributed by atoms with Crippen LogP contribution in [0.25, 0.3) is 0 Å². The summed E-state index contributed by atoms with van der Waals surface area (Å²) >= 11 is 0. The summed E-state index contributed by atoms with van der Waals surface area (Å²) in [5.41, 5.74) is 1.00. The van der Waals surface area contributed by atoms with Crippen LogP contribution in [0, 0.1) is 0 Å². The monoisotopic (exact) mass is 176 g/mol. The van der Waals surface area contributed by atoms with E-state index < -0.39 is 0 Å². The molecule has 1 aromatic carbocycles. The van der Waals surface area contributed by atoms with E-state index in [1.807, 2.05) is 37.3 Å². The molecule has 0 saturated heterocycles. The van der Waals surface area contributed by atoms with Gasteiger partial charge in [-0.05, 0) is 12.0 Å². The molecule has 0 bridgehead atoms. The number of hydrogen-bond donors (Lipinski definition) is 1. The van der Waals surface area contributed by atoms with Crippen molar-refractivity contribution in [3.63, 3.8) is 0 Å². The van der Waals surface area contributed by atoms with Gasteiger partial charge in [-0.1, -0.05) is 37.3 Å². The molecule has 0 fully saturated rings. The molecule has 0 heterocycles. The first kappa shape index (κ1) is 14.7. The van der Waals surface area contributed by atoms with Crippen molar-refractivity contribution in [2.45, 2.75) is 19.4 Å². The molecule has 62 valence electrons. The van der Waals surface area contributed by atoms with Crippen LogP contribution in [0.15, 0.2) is 30.3 Å². The van der Waals surface area contributed by atoms with Crippen molar-refractivity contribution in [3.05, 3.63) is 35.9 Å². The molecule has 2 nitrogen and oxygen atoms in total. The Morgan fingerprint density at radius 3 is 2.17 bits per heavy atom. The molecule has 0 aromatic heterocycles. The molecule has 0 amide bonds. The van der Waals surface area contributed by atoms with Crippen LogP contribution in [0.5, 0.6) is 0 Å². The minimum Gasteiger partial charge on any atom is -0.870 e. The van der Waals surface area contributed by atoms with Crippen LogP contribution in [0.3, 0.4) is 0 Å². The summed E-state index contributed by atoms with van der Waals surface area (Å²) in [6, 6.07) is 9.70. The van der Waals surface area contributed by atoms with Crippen LogP contribution in [0.1, 0.15) is 25.0 Å². The van der Waals surface area contributed by atoms with Gasteiger partial charge < -0.3 is 10.6 Å². The van der Waals surface area contributed by atoms with Crippen LogP contribution in [-0.2, 0) is 0 Å². The number of aliphatic hydroxyl groups is 1. The van der Waals surface area contributed by atoms with Gasteiger partial charge in [-0.3, -0.25) is 0 Å². The summed E-state index contributed by atoms with van der Waals surface area (Å²) in [6.07, 6.45) is 0.491. The van der Waals surface area contributed by atoms with Crippen molar-refractivity contribution in [1.29, 1.82) is 0 Å². The molecule has 0 aliphatic rings. The van der Waals surface area contributed by atoms with Crippen molar-refractivity contribution >= 4 is 0 Å². The third kappa shape index (κ3) is 4.24. The fourth-order valence-electron chi connectivity index (χ4n) is 0.911. The van der Waals surface area contributed by atoms with E-state index in [9.17, 15) is 5.11 Å². The molecule has 1 unspecified atom stereocenters. The summed E-state index contributed by atoms with van der Waals surface area (Å²) in [5, 5.41) is 9.33. The molecule has 0 saturated carbocycles. The zero-order valence-corrected chi connectivity index (χ0v) is 9.57. The summed E-state index contributed by atoms with van der Waals surface area (Å²) in [7, 11) is 0. The summed E-state index contributed by atoms with van der Waals surface area (Å²) in [4.78, 5) is 0. The molecule has 2 N–H and O–H groups in total. The Morgan fingerprint density at radius 2 is 1.75 bits per heavy atom. The Hall–Kier alpha value is 0.140. The number of aliphatic hydroxyl groups excluding tert-OH is 1. The zero-order chi connectivity index (χ0) is 7.40. The molecule has 1 aromatic rings. The molecule has 0 spiro atoms. The van der Waals surface area contributed by atoms with Crippen LogP contribution in [0.4, 0.5) is 0 Å². The third-order valence-electron chi connectivity index (χ3n) is 1.57. The molecule has 0 radical (unpaired) electrons. The second-order valence-electron chi connectivity index (χ2n) is 2.33. The van der Waals surface area contributed by atoms with E-state index in [0.29, 0.717) is 0 Å². The first-order chi connectivity index (χ1) is 4.84. The molecule has 1 rings (SSSR count). The van der Waals surface area contributed by atoms with Crippen LogP contribution < -0.4 is 29.6 Å². The van der Waals surface area contributed by atoms with Gasteiger partial charge in [0.2, 0.25) is 0 Å². The van der Waals surface area contributed by atoms with Gasteiger partial charge in [0.1, 0.15) is 0 Å². The fraction of sp³-hybridized carbons (Fsp3) is 0.333. The summed E-state index contributed by atoms with van der Waals surface area (Å²) < 4.78 is 0. The minimum atomic E-state index is -0.291. The average Bonchev–Trinajstić information content (AvgIpc) is 2.05. The molecular weight excluding hydrogens is 163 g/mol. The maximum absolute atomic E-state index is 9.33. The second kappa shape index (κ2) is 7.77. The molecular formula is C9H13NaO2. The molecule has 3 heteroatoms. The van der Waals surface area contributed by atoms with Gasteiger partial charge >= 0.3 is 29.6 Å². The molecule has 0 aliphatic heterocycles. The maximum Gasteiger partial charge on any atom is 1.00 e. The Bertz CT molecular complexity index is 189. The van der Waals surface area contributed by atoms with Crippen LogP contribution in [0.2, 0.25) is 0 Å². The molecule has 1 atom stereocenters. The normalized spacial score (nSPS) is 10.8. The van der Waals surface area contributed by atoms with Gasteiger partial charge in [-0.25, -0.2) is 0 Å². The molecule has 12 heavy (non-hydrogen) atoms. The van der Waals surface area contributed by atoms with E-state index in [2.05, 4.69) is 0 Å². The average molecular weight is 176 g/mol. The largest absolute Gasteiger partial charge is 1.00 e. The van der Waals surface area contributed by atoms with Gasteiger partial charge in [0.15, 0.2) is 0 Å². The van der Waals surface area contributed by atoms with Gasteiger partial charge in [0.05, 0.1) is 6.10 Å². The van der Waals surface area contributed by atoms with Crippen molar-refractivity contribution in [3.8, 4) is 0 Å². The predicted molar refractivity (Wildman–Crippen MR) is 43.6 cm³/mol. The maximum atomic E-state index is 9.33. The van der Waals surface area contributed by atoms with Gasteiger partial charge in [-0.2, -0.15) is 0 Å². The Morgan fingerprint density at radius 1 is 1.25 bits per heavy atom. The number of benzene rings is 1. The fourth-order valence-corrected chi connectivity index (χ4v) is 0.911. The van der Waals surface area contributed by atoms with Crippen molar-refractivity contribution in [1.82, 2.24) is 0 Å². The Labute approximate surface area is 95.2 Å². The topological polar surface area (TPSA) is 50.2 Å². The van der Waals surface area contributed by atoms with E-state index >= 15 is 0 Å². The third-order valence-corrected chi connectivity index (χ3v) is 1.57. The van der Waals surface area contributed by atoms with Crippen LogP contribution >= 0.6 is 0 Å². The minimum absolute atomic E-state index is 0. The summed E-state index contributed by atoms with van der Waals surface area (Å²) in [5.74, 6) is 0. The van der Waals surface area contributed by atoms with E-state index in [1.54, 1.807) is 0 Å². The predicted octanol–water partition coefficient (Wildman–Crippen LogP) is -1.04. The van der Waals surface area contributed by atoms with Gasteiger partial charge in [0, 0.05) is 0 Å². The molecule has 0 aliphatic carbocycles. The van der Waals surface area contributed by atoms with E-state index in [-0.39, 0.29) is 41.1 Å². The standard InChI is InChI=1S/C9H12O.Na.H2O/c1-2-9(10)8-6-4-3-5-7-8;;/h3-7,9-10H,2H2,1H3;;1H2/q;+1;/p-1. The van der Waals surface area contributed by atoms with E-state index in [0.717, 1.165) is 12.0 Å². The Balaban J connectivity index is 0. The quantitative estimate of drug-likeness (QED) is 0.585. The number of rotatable bonds is 2. The second-order valence-corrected chi connectivity index (χ2v) is 2.33. The van der Waals surface area contributed by atoms with Crippen molar-refractivity contribution in [2.75, 3.05) is 0 Å². The van der Waals surface area contributed by atoms with Crippen LogP contribution in [-0.4, -0.2) is 10.6 Å². The number of hydrogen-bond acceptors (Lipinski definition) is 2. The SMILES string of the molecule is CCC(O)c1ccccc1.[Na+].[OH-]. The zero-order valence-electron chi connectivity index (χ0n) is 7.57. The van der Waals surface area contributed by atoms with Crippen molar-refractivity contribution < 1.29 is 40.1 Å². The van der Waals surface area contributed by atoms with Gasteiger partial charge in [0.25, 0.3) is 0 Å². The van der Waals surface area contributed by atoms with Crippen molar-refractivity contribution in [2.24, 2.45) is 0 Å².